The highest BCUT2D eigenvalue weighted by molar-refractivity contribution is 7.99. The maximum atomic E-state index is 5.34. The van der Waals surface area contributed by atoms with Gasteiger partial charge in [-0.3, -0.25) is 5.43 Å². The molecule has 0 unspecified atom stereocenters. The Balaban J connectivity index is 2.27. The van der Waals surface area contributed by atoms with Gasteiger partial charge in [-0.1, -0.05) is 17.8 Å². The number of nitrogens with one attached hydrogen (secondary N) is 1. The molecule has 0 bridgehead atoms. The van der Waals surface area contributed by atoms with Crippen LogP contribution in [0.25, 0.3) is 0 Å². The van der Waals surface area contributed by atoms with E-state index in [9.17, 15) is 0 Å². The van der Waals surface area contributed by atoms with Gasteiger partial charge in [0.2, 0.25) is 5.95 Å². The van der Waals surface area contributed by atoms with Gasteiger partial charge in [-0.15, -0.1) is 0 Å². The van der Waals surface area contributed by atoms with Crippen molar-refractivity contribution in [1.29, 1.82) is 0 Å². The summed E-state index contributed by atoms with van der Waals surface area (Å²) in [6.07, 6.45) is 0. The molecule has 0 fully saturated rings. The van der Waals surface area contributed by atoms with Gasteiger partial charge in [0, 0.05) is 10.6 Å². The van der Waals surface area contributed by atoms with E-state index >= 15 is 0 Å². The van der Waals surface area contributed by atoms with Crippen molar-refractivity contribution in [2.45, 2.75) is 30.7 Å². The molecule has 2 rings (SSSR count). The number of rotatable bonds is 3. The summed E-state index contributed by atoms with van der Waals surface area (Å²) in [5, 5.41) is 0.888. The summed E-state index contributed by atoms with van der Waals surface area (Å²) in [5.74, 6) is 5.79. The molecule has 0 aliphatic rings. The Morgan fingerprint density at radius 3 is 2.50 bits per heavy atom. The highest BCUT2D eigenvalue weighted by atomic mass is 32.2. The van der Waals surface area contributed by atoms with E-state index in [0.29, 0.717) is 5.95 Å². The van der Waals surface area contributed by atoms with E-state index in [2.05, 4.69) is 47.4 Å². The first-order valence-electron chi connectivity index (χ1n) is 5.66. The molecule has 0 atom stereocenters. The third-order valence-electron chi connectivity index (χ3n) is 2.66. The molecule has 0 aliphatic carbocycles. The Labute approximate surface area is 111 Å². The van der Waals surface area contributed by atoms with Gasteiger partial charge < -0.3 is 0 Å². The molecular formula is C13H16N4S. The smallest absolute Gasteiger partial charge is 0.238 e. The van der Waals surface area contributed by atoms with E-state index in [-0.39, 0.29) is 0 Å². The zero-order chi connectivity index (χ0) is 13.1. The number of benzene rings is 1. The first-order chi connectivity index (χ1) is 8.58. The van der Waals surface area contributed by atoms with Crippen molar-refractivity contribution < 1.29 is 0 Å². The van der Waals surface area contributed by atoms with Gasteiger partial charge in [0.25, 0.3) is 0 Å². The van der Waals surface area contributed by atoms with Crippen LogP contribution >= 0.6 is 11.8 Å². The highest BCUT2D eigenvalue weighted by Crippen LogP contribution is 2.28. The summed E-state index contributed by atoms with van der Waals surface area (Å²) < 4.78 is 0. The number of anilines is 1. The van der Waals surface area contributed by atoms with E-state index in [1.165, 1.54) is 16.0 Å². The number of hydrazine groups is 1. The average Bonchev–Trinajstić information content (AvgIpc) is 2.33. The number of nitrogens with zero attached hydrogens (tertiary/aromatic N) is 2. The van der Waals surface area contributed by atoms with E-state index in [4.69, 9.17) is 5.84 Å². The van der Waals surface area contributed by atoms with Crippen LogP contribution in [-0.2, 0) is 0 Å². The largest absolute Gasteiger partial charge is 0.292 e. The minimum Gasteiger partial charge on any atom is -0.292 e. The van der Waals surface area contributed by atoms with Crippen LogP contribution in [0.1, 0.15) is 16.8 Å². The van der Waals surface area contributed by atoms with Crippen LogP contribution < -0.4 is 11.3 Å². The summed E-state index contributed by atoms with van der Waals surface area (Å²) in [6.45, 7) is 6.14. The number of hydrogen-bond acceptors (Lipinski definition) is 5. The van der Waals surface area contributed by atoms with Crippen molar-refractivity contribution in [3.8, 4) is 0 Å². The van der Waals surface area contributed by atoms with Gasteiger partial charge in [-0.05, 0) is 50.1 Å². The Morgan fingerprint density at radius 2 is 1.83 bits per heavy atom. The van der Waals surface area contributed by atoms with Gasteiger partial charge >= 0.3 is 0 Å². The average molecular weight is 260 g/mol. The van der Waals surface area contributed by atoms with Gasteiger partial charge in [0.1, 0.15) is 5.03 Å². The maximum Gasteiger partial charge on any atom is 0.238 e. The number of aryl methyl sites for hydroxylation is 3. The molecule has 0 aliphatic heterocycles. The molecule has 0 saturated carbocycles. The Morgan fingerprint density at radius 1 is 1.06 bits per heavy atom. The Kier molecular flexibility index (Phi) is 3.84. The fraction of sp³-hybridized carbons (Fsp3) is 0.231. The predicted molar refractivity (Wildman–Crippen MR) is 74.6 cm³/mol. The molecule has 5 heteroatoms. The van der Waals surface area contributed by atoms with Crippen molar-refractivity contribution in [3.05, 3.63) is 41.1 Å². The molecule has 3 N–H and O–H groups in total. The van der Waals surface area contributed by atoms with Crippen LogP contribution in [0.3, 0.4) is 0 Å². The number of hydrogen-bond donors (Lipinski definition) is 2. The standard InChI is InChI=1S/C13H16N4S/c1-8-4-5-11(6-9(8)2)18-12-7-10(3)15-13(16-12)17-14/h4-7H,14H2,1-3H3,(H,15,16,17). The van der Waals surface area contributed by atoms with Gasteiger partial charge in [-0.25, -0.2) is 15.8 Å². The number of nitrogen functional groups attached to an aromatic ring is 1. The lowest BCUT2D eigenvalue weighted by Crippen LogP contribution is -2.11. The lowest BCUT2D eigenvalue weighted by atomic mass is 10.1. The van der Waals surface area contributed by atoms with Crippen LogP contribution in [0.2, 0.25) is 0 Å². The van der Waals surface area contributed by atoms with Gasteiger partial charge in [0.15, 0.2) is 0 Å². The molecule has 1 aromatic heterocycles. The monoisotopic (exact) mass is 260 g/mol. The second kappa shape index (κ2) is 5.37. The second-order valence-electron chi connectivity index (χ2n) is 4.16. The normalized spacial score (nSPS) is 10.4. The van der Waals surface area contributed by atoms with E-state index < -0.39 is 0 Å². The summed E-state index contributed by atoms with van der Waals surface area (Å²) in [7, 11) is 0. The number of aromatic nitrogens is 2. The predicted octanol–water partition coefficient (Wildman–Crippen LogP) is 2.84. The van der Waals surface area contributed by atoms with Gasteiger partial charge in [0.05, 0.1) is 0 Å². The zero-order valence-corrected chi connectivity index (χ0v) is 11.5. The summed E-state index contributed by atoms with van der Waals surface area (Å²) in [5.41, 5.74) is 5.95. The summed E-state index contributed by atoms with van der Waals surface area (Å²) in [6, 6.07) is 8.32. The van der Waals surface area contributed by atoms with Crippen LogP contribution in [0.5, 0.6) is 0 Å². The third-order valence-corrected chi connectivity index (χ3v) is 3.57. The first-order valence-corrected chi connectivity index (χ1v) is 6.47. The Bertz CT molecular complexity index is 569. The Hall–Kier alpha value is -1.59. The van der Waals surface area contributed by atoms with Crippen LogP contribution in [-0.4, -0.2) is 9.97 Å². The van der Waals surface area contributed by atoms with Crippen molar-refractivity contribution in [2.75, 3.05) is 5.43 Å². The molecule has 2 aromatic rings. The van der Waals surface area contributed by atoms with Crippen molar-refractivity contribution >= 4 is 17.7 Å². The minimum atomic E-state index is 0.446. The number of nitrogens with two attached hydrogens (primary N) is 1. The molecular weight excluding hydrogens is 244 g/mol. The van der Waals surface area contributed by atoms with Gasteiger partial charge in [-0.2, -0.15) is 0 Å². The van der Waals surface area contributed by atoms with Crippen molar-refractivity contribution in [1.82, 2.24) is 9.97 Å². The minimum absolute atomic E-state index is 0.446. The van der Waals surface area contributed by atoms with E-state index in [0.717, 1.165) is 10.7 Å². The molecule has 0 amide bonds. The van der Waals surface area contributed by atoms with Crippen LogP contribution in [0.15, 0.2) is 34.2 Å². The fourth-order valence-corrected chi connectivity index (χ4v) is 2.53. The molecule has 0 saturated heterocycles. The second-order valence-corrected chi connectivity index (χ2v) is 5.26. The molecule has 0 radical (unpaired) electrons. The highest BCUT2D eigenvalue weighted by Gasteiger charge is 2.04. The molecule has 4 nitrogen and oxygen atoms in total. The molecule has 1 heterocycles. The van der Waals surface area contributed by atoms with E-state index in [1.54, 1.807) is 11.8 Å². The van der Waals surface area contributed by atoms with Crippen molar-refractivity contribution in [3.63, 3.8) is 0 Å². The molecule has 1 aromatic carbocycles. The lowest BCUT2D eigenvalue weighted by molar-refractivity contribution is 0.994. The van der Waals surface area contributed by atoms with E-state index in [1.807, 2.05) is 13.0 Å². The zero-order valence-electron chi connectivity index (χ0n) is 10.7. The maximum absolute atomic E-state index is 5.34. The first kappa shape index (κ1) is 12.9. The topological polar surface area (TPSA) is 63.8 Å². The third kappa shape index (κ3) is 3.00. The van der Waals surface area contributed by atoms with Crippen LogP contribution in [0.4, 0.5) is 5.95 Å². The fourth-order valence-electron chi connectivity index (χ4n) is 1.55. The molecule has 94 valence electrons. The quantitative estimate of drug-likeness (QED) is 0.505. The SMILES string of the molecule is Cc1cc(Sc2ccc(C)c(C)c2)nc(NN)n1. The van der Waals surface area contributed by atoms with Crippen LogP contribution in [0, 0.1) is 20.8 Å². The molecule has 0 spiro atoms. The van der Waals surface area contributed by atoms with Crippen molar-refractivity contribution in [2.24, 2.45) is 5.84 Å². The summed E-state index contributed by atoms with van der Waals surface area (Å²) in [4.78, 5) is 9.65. The lowest BCUT2D eigenvalue weighted by Gasteiger charge is -2.06. The summed E-state index contributed by atoms with van der Waals surface area (Å²) >= 11 is 1.61. The molecule has 18 heavy (non-hydrogen) atoms.